The van der Waals surface area contributed by atoms with Crippen LogP contribution in [-0.2, 0) is 16.2 Å². The zero-order valence-electron chi connectivity index (χ0n) is 26.5. The van der Waals surface area contributed by atoms with Crippen LogP contribution in [0.3, 0.4) is 0 Å². The van der Waals surface area contributed by atoms with Crippen LogP contribution in [-0.4, -0.2) is 29.6 Å². The molecule has 1 saturated carbocycles. The Labute approximate surface area is 278 Å². The van der Waals surface area contributed by atoms with Gasteiger partial charge in [0.05, 0.1) is 11.6 Å². The lowest BCUT2D eigenvalue weighted by Gasteiger charge is -2.52. The number of hydrogen-bond donors (Lipinski definition) is 0. The summed E-state index contributed by atoms with van der Waals surface area (Å²) in [5.41, 5.74) is 5.58. The van der Waals surface area contributed by atoms with Gasteiger partial charge in [-0.3, -0.25) is 9.59 Å². The molecule has 0 unspecified atom stereocenters. The molecule has 0 bridgehead atoms. The van der Waals surface area contributed by atoms with E-state index >= 15 is 0 Å². The molecule has 3 aliphatic carbocycles. The van der Waals surface area contributed by atoms with Crippen LogP contribution in [0.1, 0.15) is 103 Å². The van der Waals surface area contributed by atoms with Crippen molar-refractivity contribution in [1.29, 1.82) is 0 Å². The molecule has 7 heteroatoms. The first-order valence-electron chi connectivity index (χ1n) is 15.9. The molecule has 0 atom stereocenters. The molecule has 0 radical (unpaired) electrons. The van der Waals surface area contributed by atoms with E-state index in [1.807, 2.05) is 36.4 Å². The van der Waals surface area contributed by atoms with E-state index in [1.165, 1.54) is 19.3 Å². The standard InChI is InChI=1S/C37H43Br2NO4/c1-36(2)17-27-33(29(41)19-36)32(34-28(18-37(3,4)20-30(34)42)40(27)24-12-7-6-8-13-24)23-15-26(39)35(31(16-23)43-5)44-21-22-11-9-10-14-25(22)38/h9-11,14-16,24,32H,6-8,12-13,17-21H2,1-5H3. The third-order valence-corrected chi connectivity index (χ3v) is 11.2. The summed E-state index contributed by atoms with van der Waals surface area (Å²) < 4.78 is 13.9. The summed E-state index contributed by atoms with van der Waals surface area (Å²) >= 11 is 7.40. The van der Waals surface area contributed by atoms with Crippen LogP contribution < -0.4 is 9.47 Å². The zero-order chi connectivity index (χ0) is 31.4. The highest BCUT2D eigenvalue weighted by molar-refractivity contribution is 9.10. The fourth-order valence-corrected chi connectivity index (χ4v) is 8.89. The number of hydrogen-bond acceptors (Lipinski definition) is 5. The van der Waals surface area contributed by atoms with Crippen molar-refractivity contribution in [2.24, 2.45) is 10.8 Å². The lowest BCUT2D eigenvalue weighted by molar-refractivity contribution is -0.119. The third kappa shape index (κ3) is 5.95. The van der Waals surface area contributed by atoms with E-state index in [1.54, 1.807) is 7.11 Å². The molecule has 44 heavy (non-hydrogen) atoms. The van der Waals surface area contributed by atoms with Gasteiger partial charge < -0.3 is 14.4 Å². The lowest BCUT2D eigenvalue weighted by atomic mass is 9.63. The van der Waals surface area contributed by atoms with E-state index in [2.05, 4.69) is 64.5 Å². The maximum absolute atomic E-state index is 14.3. The number of rotatable bonds is 6. The van der Waals surface area contributed by atoms with Gasteiger partial charge in [-0.05, 0) is 76.2 Å². The van der Waals surface area contributed by atoms with Crippen LogP contribution in [0.25, 0.3) is 0 Å². The molecule has 1 heterocycles. The Hall–Kier alpha value is -2.38. The average Bonchev–Trinajstić information content (AvgIpc) is 2.95. The van der Waals surface area contributed by atoms with E-state index in [0.29, 0.717) is 37.0 Å². The second kappa shape index (κ2) is 12.1. The van der Waals surface area contributed by atoms with Crippen LogP contribution in [0.4, 0.5) is 0 Å². The first-order chi connectivity index (χ1) is 20.9. The Morgan fingerprint density at radius 1 is 0.818 bits per heavy atom. The van der Waals surface area contributed by atoms with Gasteiger partial charge in [0.15, 0.2) is 23.1 Å². The van der Waals surface area contributed by atoms with Crippen LogP contribution in [0.15, 0.2) is 67.9 Å². The molecular formula is C37H43Br2NO4. The summed E-state index contributed by atoms with van der Waals surface area (Å²) in [6, 6.07) is 12.3. The number of ether oxygens (including phenoxy) is 2. The molecular weight excluding hydrogens is 682 g/mol. The van der Waals surface area contributed by atoms with E-state index in [9.17, 15) is 9.59 Å². The van der Waals surface area contributed by atoms with Crippen molar-refractivity contribution in [2.45, 2.75) is 104 Å². The topological polar surface area (TPSA) is 55.8 Å². The third-order valence-electron chi connectivity index (χ3n) is 9.81. The highest BCUT2D eigenvalue weighted by atomic mass is 79.9. The van der Waals surface area contributed by atoms with Crippen molar-refractivity contribution < 1.29 is 19.1 Å². The molecule has 2 aromatic rings. The van der Waals surface area contributed by atoms with Crippen molar-refractivity contribution in [3.05, 3.63) is 79.0 Å². The molecule has 0 amide bonds. The molecule has 2 aromatic carbocycles. The number of ketones is 2. The summed E-state index contributed by atoms with van der Waals surface area (Å²) in [5, 5.41) is 0. The fraction of sp³-hybridized carbons (Fsp3) is 0.514. The predicted molar refractivity (Wildman–Crippen MR) is 181 cm³/mol. The van der Waals surface area contributed by atoms with Gasteiger partial charge >= 0.3 is 0 Å². The summed E-state index contributed by atoms with van der Waals surface area (Å²) in [7, 11) is 1.64. The van der Waals surface area contributed by atoms with Crippen molar-refractivity contribution in [3.8, 4) is 11.5 Å². The minimum atomic E-state index is -0.422. The number of allylic oxidation sites excluding steroid dienone is 4. The number of nitrogens with zero attached hydrogens (tertiary/aromatic N) is 1. The van der Waals surface area contributed by atoms with Crippen LogP contribution in [0.2, 0.25) is 0 Å². The number of methoxy groups -OCH3 is 1. The number of carbonyl (C=O) groups is 2. The van der Waals surface area contributed by atoms with Crippen LogP contribution in [0.5, 0.6) is 11.5 Å². The Kier molecular flexibility index (Phi) is 8.68. The van der Waals surface area contributed by atoms with E-state index in [4.69, 9.17) is 9.47 Å². The van der Waals surface area contributed by atoms with Crippen molar-refractivity contribution in [3.63, 3.8) is 0 Å². The number of Topliss-reactive ketones (excluding diaryl/α,β-unsaturated/α-hetero) is 2. The van der Waals surface area contributed by atoms with Gasteiger partial charge in [-0.15, -0.1) is 0 Å². The molecule has 5 nitrogen and oxygen atoms in total. The van der Waals surface area contributed by atoms with Gasteiger partial charge in [0, 0.05) is 57.4 Å². The second-order valence-corrected chi connectivity index (χ2v) is 16.3. The first-order valence-corrected chi connectivity index (χ1v) is 17.5. The van der Waals surface area contributed by atoms with Gasteiger partial charge in [0.2, 0.25) is 0 Å². The van der Waals surface area contributed by atoms with Gasteiger partial charge in [-0.25, -0.2) is 0 Å². The minimum Gasteiger partial charge on any atom is -0.493 e. The molecule has 1 aliphatic heterocycles. The molecule has 1 fully saturated rings. The van der Waals surface area contributed by atoms with Crippen molar-refractivity contribution in [2.75, 3.05) is 7.11 Å². The minimum absolute atomic E-state index is 0.138. The molecule has 0 aromatic heterocycles. The normalized spacial score (nSPS) is 22.2. The molecule has 4 aliphatic rings. The summed E-state index contributed by atoms with van der Waals surface area (Å²) in [6.45, 7) is 9.19. The van der Waals surface area contributed by atoms with Crippen molar-refractivity contribution in [1.82, 2.24) is 4.90 Å². The number of benzene rings is 2. The summed E-state index contributed by atoms with van der Waals surface area (Å²) in [6.07, 6.45) is 8.46. The Balaban J connectivity index is 1.51. The first kappa shape index (κ1) is 31.6. The maximum atomic E-state index is 14.3. The summed E-state index contributed by atoms with van der Waals surface area (Å²) in [5.74, 6) is 1.08. The quantitative estimate of drug-likeness (QED) is 0.297. The lowest BCUT2D eigenvalue weighted by Crippen LogP contribution is -2.48. The highest BCUT2D eigenvalue weighted by Gasteiger charge is 2.50. The molecule has 0 N–H and O–H groups in total. The smallest absolute Gasteiger partial charge is 0.175 e. The zero-order valence-corrected chi connectivity index (χ0v) is 29.7. The van der Waals surface area contributed by atoms with E-state index in [0.717, 1.165) is 68.3 Å². The molecule has 0 saturated heterocycles. The average molecular weight is 726 g/mol. The highest BCUT2D eigenvalue weighted by Crippen LogP contribution is 2.56. The molecule has 0 spiro atoms. The van der Waals surface area contributed by atoms with E-state index in [-0.39, 0.29) is 22.4 Å². The van der Waals surface area contributed by atoms with Crippen molar-refractivity contribution >= 4 is 43.4 Å². The number of halogens is 2. The van der Waals surface area contributed by atoms with E-state index < -0.39 is 5.92 Å². The maximum Gasteiger partial charge on any atom is 0.175 e. The van der Waals surface area contributed by atoms with Crippen LogP contribution in [0, 0.1) is 10.8 Å². The van der Waals surface area contributed by atoms with Gasteiger partial charge in [-0.2, -0.15) is 0 Å². The summed E-state index contributed by atoms with van der Waals surface area (Å²) in [4.78, 5) is 31.1. The van der Waals surface area contributed by atoms with Gasteiger partial charge in [0.25, 0.3) is 0 Å². The second-order valence-electron chi connectivity index (χ2n) is 14.6. The number of carbonyl (C=O) groups excluding carboxylic acids is 2. The predicted octanol–water partition coefficient (Wildman–Crippen LogP) is 9.82. The Morgan fingerprint density at radius 2 is 1.41 bits per heavy atom. The Morgan fingerprint density at radius 3 is 1.98 bits per heavy atom. The SMILES string of the molecule is COc1cc(C2C3=C(CC(C)(C)CC3=O)N(C3CCCCC3)C3=C2C(=O)CC(C)(C)C3)cc(Br)c1OCc1ccccc1Br. The molecule has 234 valence electrons. The van der Waals surface area contributed by atoms with Crippen LogP contribution >= 0.6 is 31.9 Å². The molecule has 6 rings (SSSR count). The largest absolute Gasteiger partial charge is 0.493 e. The van der Waals surface area contributed by atoms with Gasteiger partial charge in [0.1, 0.15) is 6.61 Å². The Bertz CT molecular complexity index is 1510. The van der Waals surface area contributed by atoms with Gasteiger partial charge in [-0.1, -0.05) is 81.1 Å². The fourth-order valence-electron chi connectivity index (χ4n) is 7.92. The monoisotopic (exact) mass is 723 g/mol.